The molecule has 9 heteroatoms. The fourth-order valence-corrected chi connectivity index (χ4v) is 2.68. The van der Waals surface area contributed by atoms with Crippen molar-refractivity contribution < 1.29 is 29.5 Å². The predicted octanol–water partition coefficient (Wildman–Crippen LogP) is 1.43. The van der Waals surface area contributed by atoms with Crippen LogP contribution in [0.4, 0.5) is 0 Å². The monoisotopic (exact) mass is 366 g/mol. The average molecular weight is 366 g/mol. The summed E-state index contributed by atoms with van der Waals surface area (Å²) in [5, 5.41) is 29.5. The van der Waals surface area contributed by atoms with Crippen molar-refractivity contribution in [2.75, 3.05) is 0 Å². The van der Waals surface area contributed by atoms with Crippen molar-refractivity contribution in [1.29, 1.82) is 0 Å². The smallest absolute Gasteiger partial charge is 0.379 e. The number of hydrogen-bond acceptors (Lipinski definition) is 5. The Labute approximate surface area is 150 Å². The van der Waals surface area contributed by atoms with Gasteiger partial charge in [0, 0.05) is 10.5 Å². The lowest BCUT2D eigenvalue weighted by Gasteiger charge is -2.40. The van der Waals surface area contributed by atoms with Crippen molar-refractivity contribution in [2.24, 2.45) is 0 Å². The van der Waals surface area contributed by atoms with E-state index in [1.165, 1.54) is 0 Å². The van der Waals surface area contributed by atoms with Crippen molar-refractivity contribution in [3.8, 4) is 0 Å². The Morgan fingerprint density at radius 1 is 1.12 bits per heavy atom. The molecule has 9 nitrogen and oxygen atoms in total. The number of aliphatic carboxylic acids is 2. The Morgan fingerprint density at radius 3 is 2.04 bits per heavy atom. The van der Waals surface area contributed by atoms with Gasteiger partial charge in [0.1, 0.15) is 6.04 Å². The molecule has 1 rings (SSSR count). The number of rotatable bonds is 8. The Bertz CT molecular complexity index is 668. The predicted molar refractivity (Wildman–Crippen MR) is 91.2 cm³/mol. The first-order valence-corrected chi connectivity index (χ1v) is 7.90. The zero-order valence-electron chi connectivity index (χ0n) is 14.8. The van der Waals surface area contributed by atoms with E-state index in [1.807, 2.05) is 0 Å². The first-order valence-electron chi connectivity index (χ1n) is 7.90. The molecule has 26 heavy (non-hydrogen) atoms. The van der Waals surface area contributed by atoms with Gasteiger partial charge in [-0.25, -0.2) is 9.59 Å². The normalized spacial score (nSPS) is 13.5. The van der Waals surface area contributed by atoms with E-state index in [9.17, 15) is 29.6 Å². The summed E-state index contributed by atoms with van der Waals surface area (Å²) in [5.41, 5.74) is -0.325. The Hall–Kier alpha value is -2.97. The number of carbonyl (C=O) groups excluding carboxylic acids is 1. The molecule has 2 N–H and O–H groups in total. The molecule has 0 radical (unpaired) electrons. The number of nitrogens with zero attached hydrogens (tertiary/aromatic N) is 2. The van der Waals surface area contributed by atoms with Crippen molar-refractivity contribution in [2.45, 2.75) is 51.2 Å². The first-order chi connectivity index (χ1) is 11.9. The Balaban J connectivity index is 3.21. The topological polar surface area (TPSA) is 138 Å². The zero-order chi connectivity index (χ0) is 20.1. The van der Waals surface area contributed by atoms with Crippen molar-refractivity contribution in [3.63, 3.8) is 0 Å². The summed E-state index contributed by atoms with van der Waals surface area (Å²) in [5.74, 6) is -3.79. The number of benzene rings is 1. The van der Waals surface area contributed by atoms with Gasteiger partial charge in [0.05, 0.1) is 12.8 Å². The minimum atomic E-state index is -2.12. The molecule has 0 heterocycles. The number of carbonyl (C=O) groups is 3. The summed E-state index contributed by atoms with van der Waals surface area (Å²) in [4.78, 5) is 46.5. The van der Waals surface area contributed by atoms with Gasteiger partial charge in [0.25, 0.3) is 0 Å². The van der Waals surface area contributed by atoms with Gasteiger partial charge in [-0.15, -0.1) is 0 Å². The third kappa shape index (κ3) is 5.54. The lowest BCUT2D eigenvalue weighted by Crippen LogP contribution is -2.57. The van der Waals surface area contributed by atoms with Crippen LogP contribution in [0.3, 0.4) is 0 Å². The number of amides is 1. The second-order valence-corrected chi connectivity index (χ2v) is 6.83. The van der Waals surface area contributed by atoms with Gasteiger partial charge >= 0.3 is 18.0 Å². The fraction of sp³-hybridized carbons (Fsp3) is 0.471. The quantitative estimate of drug-likeness (QED) is 0.524. The molecule has 1 aromatic rings. The fourth-order valence-electron chi connectivity index (χ4n) is 2.68. The molecule has 0 fully saturated rings. The van der Waals surface area contributed by atoms with E-state index in [-0.39, 0.29) is 6.42 Å². The molecule has 0 bridgehead atoms. The summed E-state index contributed by atoms with van der Waals surface area (Å²) in [7, 11) is 0. The van der Waals surface area contributed by atoms with Crippen LogP contribution in [0.1, 0.15) is 32.8 Å². The lowest BCUT2D eigenvalue weighted by atomic mass is 9.96. The van der Waals surface area contributed by atoms with Crippen LogP contribution in [0.25, 0.3) is 0 Å². The molecule has 0 aromatic heterocycles. The van der Waals surface area contributed by atoms with Crippen LogP contribution in [-0.4, -0.2) is 55.5 Å². The van der Waals surface area contributed by atoms with Gasteiger partial charge < -0.3 is 15.1 Å². The lowest BCUT2D eigenvalue weighted by molar-refractivity contribution is -0.511. The summed E-state index contributed by atoms with van der Waals surface area (Å²) in [6.45, 7) is 4.77. The molecular weight excluding hydrogens is 344 g/mol. The van der Waals surface area contributed by atoms with Gasteiger partial charge in [0.15, 0.2) is 0 Å². The molecule has 1 aromatic carbocycles. The van der Waals surface area contributed by atoms with E-state index in [0.717, 1.165) is 4.90 Å². The molecule has 0 saturated heterocycles. The SMILES string of the molecule is CC(C)(C)N(C(=O)Cc1ccccc1)[C@@H](CC(C(=O)O)[N+](=O)[O-])C(=O)O. The van der Waals surface area contributed by atoms with Crippen molar-refractivity contribution in [3.05, 3.63) is 46.0 Å². The van der Waals surface area contributed by atoms with E-state index < -0.39 is 46.8 Å². The van der Waals surface area contributed by atoms with E-state index in [0.29, 0.717) is 5.56 Å². The summed E-state index contributed by atoms with van der Waals surface area (Å²) >= 11 is 0. The number of nitro groups is 1. The van der Waals surface area contributed by atoms with E-state index in [4.69, 9.17) is 5.11 Å². The molecule has 0 aliphatic rings. The third-order valence-corrected chi connectivity index (χ3v) is 3.77. The maximum atomic E-state index is 12.8. The highest BCUT2D eigenvalue weighted by molar-refractivity contribution is 5.86. The highest BCUT2D eigenvalue weighted by Gasteiger charge is 2.43. The molecule has 0 saturated carbocycles. The van der Waals surface area contributed by atoms with Crippen LogP contribution in [0, 0.1) is 10.1 Å². The van der Waals surface area contributed by atoms with Crippen molar-refractivity contribution >= 4 is 17.8 Å². The molecule has 2 atom stereocenters. The first kappa shape index (κ1) is 21.1. The van der Waals surface area contributed by atoms with Crippen LogP contribution in [-0.2, 0) is 20.8 Å². The van der Waals surface area contributed by atoms with Gasteiger partial charge in [-0.05, 0) is 26.3 Å². The van der Waals surface area contributed by atoms with E-state index >= 15 is 0 Å². The summed E-state index contributed by atoms with van der Waals surface area (Å²) < 4.78 is 0. The third-order valence-electron chi connectivity index (χ3n) is 3.77. The molecule has 1 amide bonds. The van der Waals surface area contributed by atoms with Gasteiger partial charge in [-0.1, -0.05) is 30.3 Å². The van der Waals surface area contributed by atoms with Crippen LogP contribution in [0.2, 0.25) is 0 Å². The average Bonchev–Trinajstić information content (AvgIpc) is 2.49. The Kier molecular flexibility index (Phi) is 6.82. The zero-order valence-corrected chi connectivity index (χ0v) is 14.8. The highest BCUT2D eigenvalue weighted by Crippen LogP contribution is 2.23. The second-order valence-electron chi connectivity index (χ2n) is 6.83. The van der Waals surface area contributed by atoms with E-state index in [1.54, 1.807) is 51.1 Å². The highest BCUT2D eigenvalue weighted by atomic mass is 16.6. The molecule has 142 valence electrons. The standard InChI is InChI=1S/C17H22N2O7/c1-17(2,3)18(14(20)9-11-7-5-4-6-8-11)12(15(21)22)10-13(16(23)24)19(25)26/h4-8,12-13H,9-10H2,1-3H3,(H,21,22)(H,23,24)/t12-,13?/m0/s1. The van der Waals surface area contributed by atoms with Crippen LogP contribution in [0.15, 0.2) is 30.3 Å². The number of hydrogen-bond donors (Lipinski definition) is 2. The molecule has 1 unspecified atom stereocenters. The minimum Gasteiger partial charge on any atom is -0.480 e. The van der Waals surface area contributed by atoms with Gasteiger partial charge in [-0.2, -0.15) is 0 Å². The Morgan fingerprint density at radius 2 is 1.65 bits per heavy atom. The molecular formula is C17H22N2O7. The maximum absolute atomic E-state index is 12.8. The van der Waals surface area contributed by atoms with Gasteiger partial charge in [0.2, 0.25) is 5.91 Å². The minimum absolute atomic E-state index is 0.0991. The van der Waals surface area contributed by atoms with Crippen LogP contribution >= 0.6 is 0 Å². The second kappa shape index (κ2) is 8.41. The number of carboxylic acids is 2. The van der Waals surface area contributed by atoms with Crippen LogP contribution in [0.5, 0.6) is 0 Å². The molecule has 0 spiro atoms. The number of carboxylic acid groups (broad SMARTS) is 2. The van der Waals surface area contributed by atoms with Crippen molar-refractivity contribution in [1.82, 2.24) is 4.90 Å². The van der Waals surface area contributed by atoms with Crippen LogP contribution < -0.4 is 0 Å². The van der Waals surface area contributed by atoms with E-state index in [2.05, 4.69) is 0 Å². The molecule has 0 aliphatic heterocycles. The summed E-state index contributed by atoms with van der Waals surface area (Å²) in [6, 6.07) is 4.86. The maximum Gasteiger partial charge on any atom is 0.379 e. The summed E-state index contributed by atoms with van der Waals surface area (Å²) in [6.07, 6.45) is -0.923. The largest absolute Gasteiger partial charge is 0.480 e. The van der Waals surface area contributed by atoms with Gasteiger partial charge in [-0.3, -0.25) is 14.9 Å². The molecule has 0 aliphatic carbocycles.